The standard InChI is InChI=1S/C21H20N6O2S/c1-12-5-10-17(13(2)11-12)27-14(3)18(24-26-27)19-22-21(30-25-19)23-20(28)15-6-8-16(29-4)9-7-15/h5-11H,1-4H3,(H,22,23,25,28). The SMILES string of the molecule is COc1ccc(C(=O)Nc2nc(-c3nnn(-c4ccc(C)cc4C)c3C)ns2)cc1. The lowest BCUT2D eigenvalue weighted by Gasteiger charge is -2.07. The third-order valence-electron chi connectivity index (χ3n) is 4.69. The number of aromatic nitrogens is 5. The highest BCUT2D eigenvalue weighted by atomic mass is 32.1. The number of methoxy groups -OCH3 is 1. The molecule has 0 bridgehead atoms. The number of aryl methyl sites for hydroxylation is 2. The largest absolute Gasteiger partial charge is 0.497 e. The monoisotopic (exact) mass is 420 g/mol. The fourth-order valence-corrected chi connectivity index (χ4v) is 3.66. The van der Waals surface area contributed by atoms with Gasteiger partial charge in [-0.05, 0) is 56.7 Å². The molecule has 0 unspecified atom stereocenters. The predicted molar refractivity (Wildman–Crippen MR) is 115 cm³/mol. The third-order valence-corrected chi connectivity index (χ3v) is 5.32. The summed E-state index contributed by atoms with van der Waals surface area (Å²) in [5, 5.41) is 11.7. The molecule has 152 valence electrons. The summed E-state index contributed by atoms with van der Waals surface area (Å²) in [6, 6.07) is 13.0. The summed E-state index contributed by atoms with van der Waals surface area (Å²) < 4.78 is 11.2. The summed E-state index contributed by atoms with van der Waals surface area (Å²) in [5.74, 6) is 0.849. The summed E-state index contributed by atoms with van der Waals surface area (Å²) in [7, 11) is 1.58. The zero-order valence-corrected chi connectivity index (χ0v) is 17.8. The van der Waals surface area contributed by atoms with Crippen LogP contribution in [0.2, 0.25) is 0 Å². The molecule has 0 aliphatic rings. The molecular weight excluding hydrogens is 400 g/mol. The van der Waals surface area contributed by atoms with Crippen molar-refractivity contribution in [2.24, 2.45) is 0 Å². The van der Waals surface area contributed by atoms with Crippen LogP contribution in [-0.2, 0) is 0 Å². The van der Waals surface area contributed by atoms with Gasteiger partial charge in [0.2, 0.25) is 5.13 Å². The van der Waals surface area contributed by atoms with Crippen molar-refractivity contribution in [2.75, 3.05) is 12.4 Å². The lowest BCUT2D eigenvalue weighted by Crippen LogP contribution is -2.11. The van der Waals surface area contributed by atoms with E-state index in [0.29, 0.717) is 28.0 Å². The van der Waals surface area contributed by atoms with E-state index in [-0.39, 0.29) is 5.91 Å². The molecule has 30 heavy (non-hydrogen) atoms. The van der Waals surface area contributed by atoms with E-state index in [1.807, 2.05) is 26.0 Å². The van der Waals surface area contributed by atoms with Gasteiger partial charge in [0.25, 0.3) is 5.91 Å². The number of nitrogens with one attached hydrogen (secondary N) is 1. The molecule has 0 aliphatic heterocycles. The Kier molecular flexibility index (Phi) is 5.28. The van der Waals surface area contributed by atoms with E-state index in [9.17, 15) is 4.79 Å². The van der Waals surface area contributed by atoms with Crippen molar-refractivity contribution in [3.05, 3.63) is 64.8 Å². The summed E-state index contributed by atoms with van der Waals surface area (Å²) in [6.45, 7) is 6.01. The molecule has 4 rings (SSSR count). The van der Waals surface area contributed by atoms with Gasteiger partial charge in [0, 0.05) is 17.1 Å². The molecular formula is C21H20N6O2S. The van der Waals surface area contributed by atoms with Gasteiger partial charge >= 0.3 is 0 Å². The van der Waals surface area contributed by atoms with Crippen molar-refractivity contribution >= 4 is 22.6 Å². The zero-order chi connectivity index (χ0) is 21.3. The second kappa shape index (κ2) is 8.03. The normalized spacial score (nSPS) is 10.8. The maximum atomic E-state index is 12.4. The molecule has 0 fully saturated rings. The van der Waals surface area contributed by atoms with Crippen LogP contribution in [0.4, 0.5) is 5.13 Å². The first-order valence-electron chi connectivity index (χ1n) is 9.25. The first-order valence-corrected chi connectivity index (χ1v) is 10.0. The maximum Gasteiger partial charge on any atom is 0.257 e. The average Bonchev–Trinajstić information content (AvgIpc) is 3.34. The highest BCUT2D eigenvalue weighted by Crippen LogP contribution is 2.25. The number of hydrogen-bond donors (Lipinski definition) is 1. The van der Waals surface area contributed by atoms with Crippen LogP contribution >= 0.6 is 11.5 Å². The van der Waals surface area contributed by atoms with Crippen LogP contribution in [-0.4, -0.2) is 37.4 Å². The van der Waals surface area contributed by atoms with Crippen LogP contribution in [0.25, 0.3) is 17.2 Å². The smallest absolute Gasteiger partial charge is 0.257 e. The number of carbonyl (C=O) groups is 1. The summed E-state index contributed by atoms with van der Waals surface area (Å²) in [5.41, 5.74) is 5.16. The molecule has 8 nitrogen and oxygen atoms in total. The second-order valence-corrected chi connectivity index (χ2v) is 7.58. The van der Waals surface area contributed by atoms with Crippen molar-refractivity contribution in [2.45, 2.75) is 20.8 Å². The minimum Gasteiger partial charge on any atom is -0.497 e. The molecule has 1 N–H and O–H groups in total. The quantitative estimate of drug-likeness (QED) is 0.525. The fourth-order valence-electron chi connectivity index (χ4n) is 3.09. The van der Waals surface area contributed by atoms with Gasteiger partial charge in [-0.25, -0.2) is 4.68 Å². The predicted octanol–water partition coefficient (Wildman–Crippen LogP) is 3.97. The first kappa shape index (κ1) is 19.7. The number of carbonyl (C=O) groups excluding carboxylic acids is 1. The van der Waals surface area contributed by atoms with E-state index in [4.69, 9.17) is 4.74 Å². The first-order chi connectivity index (χ1) is 14.5. The Hall–Kier alpha value is -3.59. The van der Waals surface area contributed by atoms with Crippen LogP contribution in [0.5, 0.6) is 5.75 Å². The Labute approximate surface area is 177 Å². The van der Waals surface area contributed by atoms with Crippen molar-refractivity contribution in [1.29, 1.82) is 0 Å². The minimum absolute atomic E-state index is 0.268. The van der Waals surface area contributed by atoms with Crippen LogP contribution in [0.15, 0.2) is 42.5 Å². The van der Waals surface area contributed by atoms with Crippen molar-refractivity contribution in [3.8, 4) is 23.0 Å². The van der Waals surface area contributed by atoms with E-state index in [0.717, 1.165) is 28.5 Å². The van der Waals surface area contributed by atoms with E-state index in [1.54, 1.807) is 36.1 Å². The van der Waals surface area contributed by atoms with Gasteiger partial charge in [-0.1, -0.05) is 22.9 Å². The lowest BCUT2D eigenvalue weighted by atomic mass is 10.1. The third kappa shape index (κ3) is 3.79. The minimum atomic E-state index is -0.268. The number of amides is 1. The van der Waals surface area contributed by atoms with Crippen molar-refractivity contribution in [3.63, 3.8) is 0 Å². The van der Waals surface area contributed by atoms with E-state index in [2.05, 4.69) is 38.0 Å². The summed E-state index contributed by atoms with van der Waals surface area (Å²) >= 11 is 1.10. The Bertz CT molecular complexity index is 1210. The fraction of sp³-hybridized carbons (Fsp3) is 0.190. The number of benzene rings is 2. The Balaban J connectivity index is 1.55. The van der Waals surface area contributed by atoms with Gasteiger partial charge in [-0.15, -0.1) is 5.10 Å². The number of hydrogen-bond acceptors (Lipinski definition) is 7. The molecule has 4 aromatic rings. The van der Waals surface area contributed by atoms with Crippen LogP contribution < -0.4 is 10.1 Å². The van der Waals surface area contributed by atoms with Crippen LogP contribution in [0.3, 0.4) is 0 Å². The van der Waals surface area contributed by atoms with Gasteiger partial charge < -0.3 is 4.74 Å². The Morgan fingerprint density at radius 2 is 1.87 bits per heavy atom. The van der Waals surface area contributed by atoms with Gasteiger partial charge in [0.1, 0.15) is 5.75 Å². The van der Waals surface area contributed by atoms with E-state index in [1.165, 1.54) is 5.56 Å². The molecule has 2 aromatic carbocycles. The van der Waals surface area contributed by atoms with Gasteiger partial charge in [-0.2, -0.15) is 9.36 Å². The molecule has 9 heteroatoms. The molecule has 0 saturated heterocycles. The van der Waals surface area contributed by atoms with Crippen LogP contribution in [0.1, 0.15) is 27.2 Å². The van der Waals surface area contributed by atoms with Crippen molar-refractivity contribution in [1.82, 2.24) is 24.4 Å². The molecule has 1 amide bonds. The number of rotatable bonds is 5. The summed E-state index contributed by atoms with van der Waals surface area (Å²) in [4.78, 5) is 16.9. The molecule has 0 atom stereocenters. The highest BCUT2D eigenvalue weighted by molar-refractivity contribution is 7.10. The second-order valence-electron chi connectivity index (χ2n) is 6.83. The van der Waals surface area contributed by atoms with Crippen molar-refractivity contribution < 1.29 is 9.53 Å². The zero-order valence-electron chi connectivity index (χ0n) is 17.0. The number of nitrogens with zero attached hydrogens (tertiary/aromatic N) is 5. The molecule has 0 saturated carbocycles. The molecule has 0 aliphatic carbocycles. The van der Waals surface area contributed by atoms with Gasteiger partial charge in [-0.3, -0.25) is 10.1 Å². The maximum absolute atomic E-state index is 12.4. The molecule has 2 aromatic heterocycles. The van der Waals surface area contributed by atoms with Crippen LogP contribution in [0, 0.1) is 20.8 Å². The highest BCUT2D eigenvalue weighted by Gasteiger charge is 2.18. The molecule has 0 spiro atoms. The van der Waals surface area contributed by atoms with E-state index < -0.39 is 0 Å². The topological polar surface area (TPSA) is 94.8 Å². The van der Waals surface area contributed by atoms with E-state index >= 15 is 0 Å². The molecule has 0 radical (unpaired) electrons. The van der Waals surface area contributed by atoms with Gasteiger partial charge in [0.05, 0.1) is 18.5 Å². The number of anilines is 1. The average molecular weight is 420 g/mol. The Morgan fingerprint density at radius 1 is 1.10 bits per heavy atom. The lowest BCUT2D eigenvalue weighted by molar-refractivity contribution is 0.102. The number of ether oxygens (including phenoxy) is 1. The Morgan fingerprint density at radius 3 is 2.57 bits per heavy atom. The summed E-state index contributed by atoms with van der Waals surface area (Å²) in [6.07, 6.45) is 0. The molecule has 2 heterocycles. The van der Waals surface area contributed by atoms with Gasteiger partial charge in [0.15, 0.2) is 11.5 Å².